The minimum atomic E-state index is 0. The molecule has 1 N–H and O–H groups in total. The summed E-state index contributed by atoms with van der Waals surface area (Å²) in [5.41, 5.74) is 3.22. The number of benzene rings is 2. The summed E-state index contributed by atoms with van der Waals surface area (Å²) < 4.78 is 0. The first-order valence-corrected chi connectivity index (χ1v) is 5.80. The van der Waals surface area contributed by atoms with E-state index in [4.69, 9.17) is 0 Å². The molecule has 0 fully saturated rings. The van der Waals surface area contributed by atoms with E-state index in [1.54, 1.807) is 4.80 Å². The van der Waals surface area contributed by atoms with Crippen molar-refractivity contribution < 1.29 is 17.2 Å². The molecule has 0 saturated heterocycles. The third-order valence-corrected chi connectivity index (χ3v) is 2.77. The van der Waals surface area contributed by atoms with Crippen LogP contribution in [-0.2, 0) is 0 Å². The van der Waals surface area contributed by atoms with Gasteiger partial charge in [-0.1, -0.05) is 35.9 Å². The van der Waals surface area contributed by atoms with Gasteiger partial charge in [-0.15, -0.1) is 0 Å². The second-order valence-electron chi connectivity index (χ2n) is 4.16. The Kier molecular flexibility index (Phi) is 3.92. The van der Waals surface area contributed by atoms with E-state index in [0.717, 1.165) is 17.1 Å². The van der Waals surface area contributed by atoms with Crippen molar-refractivity contribution in [3.8, 4) is 17.1 Å². The van der Waals surface area contributed by atoms with Crippen molar-refractivity contribution in [1.29, 1.82) is 0 Å². The van der Waals surface area contributed by atoms with E-state index in [-0.39, 0.29) is 12.4 Å². The topological polar surface area (TPSA) is 45.5 Å². The molecule has 1 heterocycles. The van der Waals surface area contributed by atoms with Crippen LogP contribution in [-0.4, -0.2) is 15.4 Å². The lowest BCUT2D eigenvalue weighted by molar-refractivity contribution is -0.716. The number of aryl methyl sites for hydroxylation is 1. The van der Waals surface area contributed by atoms with Gasteiger partial charge < -0.3 is 12.4 Å². The molecule has 2 aromatic carbocycles. The molecule has 0 aliphatic carbocycles. The molecular weight excluding hydrogens is 260 g/mol. The van der Waals surface area contributed by atoms with Crippen molar-refractivity contribution in [2.75, 3.05) is 0 Å². The number of hydrogen-bond acceptors (Lipinski definition) is 2. The third-order valence-electron chi connectivity index (χ3n) is 2.77. The second kappa shape index (κ2) is 5.63. The van der Waals surface area contributed by atoms with Crippen molar-refractivity contribution in [3.05, 3.63) is 60.2 Å². The fourth-order valence-corrected chi connectivity index (χ4v) is 1.75. The standard InChI is InChI=1S/C14H12N4.ClH/c1-11-7-9-13(10-8-11)18-16-14(15-17-18)12-5-3-2-4-6-12;/h2-10H,1H3;1H. The number of aromatic nitrogens is 4. The van der Waals surface area contributed by atoms with Crippen molar-refractivity contribution in [3.63, 3.8) is 0 Å². The lowest BCUT2D eigenvalue weighted by atomic mass is 10.2. The van der Waals surface area contributed by atoms with Gasteiger partial charge in [0.15, 0.2) is 10.9 Å². The summed E-state index contributed by atoms with van der Waals surface area (Å²) in [6, 6.07) is 18.1. The lowest BCUT2D eigenvalue weighted by Gasteiger charge is -1.93. The molecule has 96 valence electrons. The number of aromatic amines is 1. The largest absolute Gasteiger partial charge is 1.00 e. The molecule has 0 atom stereocenters. The monoisotopic (exact) mass is 272 g/mol. The summed E-state index contributed by atoms with van der Waals surface area (Å²) in [4.78, 5) is 1.67. The molecule has 0 unspecified atom stereocenters. The highest BCUT2D eigenvalue weighted by atomic mass is 35.5. The van der Waals surface area contributed by atoms with E-state index in [1.807, 2.05) is 54.6 Å². The third kappa shape index (κ3) is 2.80. The molecule has 0 saturated carbocycles. The fraction of sp³-hybridized carbons (Fsp3) is 0.0714. The first kappa shape index (κ1) is 13.2. The molecule has 0 bridgehead atoms. The molecular formula is C14H13ClN4. The maximum atomic E-state index is 4.14. The fourth-order valence-electron chi connectivity index (χ4n) is 1.75. The number of hydrogen-bond donors (Lipinski definition) is 1. The van der Waals surface area contributed by atoms with Gasteiger partial charge in [0.1, 0.15) is 0 Å². The van der Waals surface area contributed by atoms with Gasteiger partial charge in [-0.05, 0) is 36.0 Å². The molecule has 0 spiro atoms. The van der Waals surface area contributed by atoms with Gasteiger partial charge in [0.05, 0.1) is 5.10 Å². The average molecular weight is 273 g/mol. The van der Waals surface area contributed by atoms with Crippen LogP contribution in [0.15, 0.2) is 54.6 Å². The smallest absolute Gasteiger partial charge is 0.313 e. The first-order valence-electron chi connectivity index (χ1n) is 5.80. The maximum Gasteiger partial charge on any atom is 0.313 e. The Labute approximate surface area is 117 Å². The van der Waals surface area contributed by atoms with E-state index in [2.05, 4.69) is 22.3 Å². The Bertz CT molecular complexity index is 647. The predicted molar refractivity (Wildman–Crippen MR) is 68.1 cm³/mol. The molecule has 19 heavy (non-hydrogen) atoms. The van der Waals surface area contributed by atoms with Gasteiger partial charge in [-0.25, -0.2) is 0 Å². The number of halogens is 1. The summed E-state index contributed by atoms with van der Waals surface area (Å²) in [7, 11) is 0. The number of nitrogens with zero attached hydrogens (tertiary/aromatic N) is 3. The van der Waals surface area contributed by atoms with Gasteiger partial charge in [-0.3, -0.25) is 0 Å². The minimum absolute atomic E-state index is 0. The zero-order chi connectivity index (χ0) is 12.4. The Morgan fingerprint density at radius 3 is 2.32 bits per heavy atom. The zero-order valence-corrected chi connectivity index (χ0v) is 11.2. The highest BCUT2D eigenvalue weighted by molar-refractivity contribution is 5.52. The summed E-state index contributed by atoms with van der Waals surface area (Å²) in [5, 5.41) is 11.4. The van der Waals surface area contributed by atoms with E-state index in [1.165, 1.54) is 5.56 Å². The molecule has 4 nitrogen and oxygen atoms in total. The minimum Gasteiger partial charge on any atom is -1.00 e. The molecule has 0 amide bonds. The summed E-state index contributed by atoms with van der Waals surface area (Å²) in [5.74, 6) is 0.760. The van der Waals surface area contributed by atoms with E-state index in [9.17, 15) is 0 Å². The van der Waals surface area contributed by atoms with Gasteiger partial charge >= 0.3 is 5.82 Å². The van der Waals surface area contributed by atoms with Crippen molar-refractivity contribution >= 4 is 0 Å². The molecule has 3 rings (SSSR count). The Hall–Kier alpha value is -2.20. The average Bonchev–Trinajstić information content (AvgIpc) is 2.90. The Balaban J connectivity index is 0.00000133. The van der Waals surface area contributed by atoms with Gasteiger partial charge in [-0.2, -0.15) is 5.10 Å². The number of tetrazole rings is 1. The summed E-state index contributed by atoms with van der Waals surface area (Å²) in [6.45, 7) is 2.06. The SMILES string of the molecule is Cc1ccc(-[n+]2nnc(-c3ccccc3)[nH]2)cc1.[Cl-]. The maximum absolute atomic E-state index is 4.14. The molecule has 0 aliphatic heterocycles. The Morgan fingerprint density at radius 1 is 0.947 bits per heavy atom. The molecule has 3 aromatic rings. The van der Waals surface area contributed by atoms with Crippen LogP contribution in [0.5, 0.6) is 0 Å². The molecule has 1 aromatic heterocycles. The first-order chi connectivity index (χ1) is 8.83. The lowest BCUT2D eigenvalue weighted by Crippen LogP contribution is -3.00. The molecule has 0 aliphatic rings. The molecule has 5 heteroatoms. The summed E-state index contributed by atoms with van der Waals surface area (Å²) >= 11 is 0. The van der Waals surface area contributed by atoms with Crippen LogP contribution in [0.3, 0.4) is 0 Å². The van der Waals surface area contributed by atoms with Crippen LogP contribution in [0.4, 0.5) is 0 Å². The van der Waals surface area contributed by atoms with Crippen molar-refractivity contribution in [2.24, 2.45) is 0 Å². The van der Waals surface area contributed by atoms with E-state index in [0.29, 0.717) is 0 Å². The van der Waals surface area contributed by atoms with Crippen LogP contribution in [0.2, 0.25) is 0 Å². The van der Waals surface area contributed by atoms with Crippen molar-refractivity contribution in [1.82, 2.24) is 15.4 Å². The van der Waals surface area contributed by atoms with Crippen LogP contribution in [0, 0.1) is 6.92 Å². The number of H-pyrrole nitrogens is 1. The normalized spacial score (nSPS) is 9.95. The van der Waals surface area contributed by atoms with Crippen LogP contribution >= 0.6 is 0 Å². The second-order valence-corrected chi connectivity index (χ2v) is 4.16. The zero-order valence-electron chi connectivity index (χ0n) is 10.4. The number of rotatable bonds is 2. The quantitative estimate of drug-likeness (QED) is 0.612. The Morgan fingerprint density at radius 2 is 1.63 bits per heavy atom. The van der Waals surface area contributed by atoms with Crippen molar-refractivity contribution in [2.45, 2.75) is 6.92 Å². The van der Waals surface area contributed by atoms with Gasteiger partial charge in [0, 0.05) is 5.56 Å². The highest BCUT2D eigenvalue weighted by Crippen LogP contribution is 2.11. The van der Waals surface area contributed by atoms with Crippen LogP contribution < -0.4 is 17.2 Å². The number of nitrogens with one attached hydrogen (secondary N) is 1. The van der Waals surface area contributed by atoms with Crippen LogP contribution in [0.1, 0.15) is 5.56 Å². The molecule has 0 radical (unpaired) electrons. The van der Waals surface area contributed by atoms with Gasteiger partial charge in [0.25, 0.3) is 0 Å². The van der Waals surface area contributed by atoms with Crippen LogP contribution in [0.25, 0.3) is 17.1 Å². The predicted octanol–water partition coefficient (Wildman–Crippen LogP) is -0.939. The highest BCUT2D eigenvalue weighted by Gasteiger charge is 2.14. The van der Waals surface area contributed by atoms with Gasteiger partial charge in [0.2, 0.25) is 0 Å². The van der Waals surface area contributed by atoms with E-state index >= 15 is 0 Å². The van der Waals surface area contributed by atoms with E-state index < -0.39 is 0 Å². The summed E-state index contributed by atoms with van der Waals surface area (Å²) in [6.07, 6.45) is 0.